The molecule has 0 radical (unpaired) electrons. The fraction of sp³-hybridized carbons (Fsp3) is 0.647. The molecule has 3 rings (SSSR count). The second-order valence-electron chi connectivity index (χ2n) is 6.73. The normalized spacial score (nSPS) is 25.7. The number of nitrogens with zero attached hydrogens (tertiary/aromatic N) is 4. The van der Waals surface area contributed by atoms with E-state index in [1.165, 1.54) is 13.3 Å². The Morgan fingerprint density at radius 2 is 2.16 bits per heavy atom. The first-order valence-electron chi connectivity index (χ1n) is 8.66. The zero-order valence-electron chi connectivity index (χ0n) is 14.7. The maximum Gasteiger partial charge on any atom is 0.242 e. The SMILES string of the molecule is CC(=O)NCC(=O)N1C[C@H](N(C)Cc2cncnc2)[C@@H]2OCCC[C@@H]21. The highest BCUT2D eigenvalue weighted by molar-refractivity contribution is 5.84. The quantitative estimate of drug-likeness (QED) is 0.794. The first-order chi connectivity index (χ1) is 12.1. The summed E-state index contributed by atoms with van der Waals surface area (Å²) >= 11 is 0. The fourth-order valence-corrected chi connectivity index (χ4v) is 3.72. The minimum absolute atomic E-state index is 0.00431. The molecule has 2 aliphatic heterocycles. The number of hydrogen-bond acceptors (Lipinski definition) is 6. The van der Waals surface area contributed by atoms with E-state index in [0.29, 0.717) is 13.1 Å². The average Bonchev–Trinajstić information content (AvgIpc) is 3.00. The minimum Gasteiger partial charge on any atom is -0.374 e. The van der Waals surface area contributed by atoms with E-state index in [1.807, 2.05) is 11.9 Å². The van der Waals surface area contributed by atoms with Gasteiger partial charge >= 0.3 is 0 Å². The molecular weight excluding hydrogens is 322 g/mol. The highest BCUT2D eigenvalue weighted by Gasteiger charge is 2.47. The summed E-state index contributed by atoms with van der Waals surface area (Å²) in [7, 11) is 2.04. The van der Waals surface area contributed by atoms with E-state index >= 15 is 0 Å². The molecule has 1 aromatic rings. The van der Waals surface area contributed by atoms with Crippen LogP contribution in [-0.2, 0) is 20.9 Å². The van der Waals surface area contributed by atoms with Gasteiger partial charge in [-0.3, -0.25) is 14.5 Å². The highest BCUT2D eigenvalue weighted by Crippen LogP contribution is 2.31. The highest BCUT2D eigenvalue weighted by atomic mass is 16.5. The van der Waals surface area contributed by atoms with E-state index in [9.17, 15) is 9.59 Å². The molecule has 2 saturated heterocycles. The molecule has 8 nitrogen and oxygen atoms in total. The Bertz CT molecular complexity index is 612. The van der Waals surface area contributed by atoms with Crippen molar-refractivity contribution in [2.45, 2.75) is 44.5 Å². The predicted octanol–water partition coefficient (Wildman–Crippen LogP) is -0.197. The van der Waals surface area contributed by atoms with Crippen LogP contribution in [0.4, 0.5) is 0 Å². The van der Waals surface area contributed by atoms with Gasteiger partial charge in [0.15, 0.2) is 0 Å². The van der Waals surface area contributed by atoms with Gasteiger partial charge in [0.25, 0.3) is 0 Å². The Morgan fingerprint density at radius 3 is 2.88 bits per heavy atom. The van der Waals surface area contributed by atoms with Crippen molar-refractivity contribution in [3.05, 3.63) is 24.3 Å². The van der Waals surface area contributed by atoms with Crippen LogP contribution in [0.25, 0.3) is 0 Å². The van der Waals surface area contributed by atoms with Gasteiger partial charge in [0, 0.05) is 44.6 Å². The summed E-state index contributed by atoms with van der Waals surface area (Å²) in [6.45, 7) is 3.50. The number of carbonyl (C=O) groups is 2. The molecule has 0 unspecified atom stereocenters. The first kappa shape index (κ1) is 17.8. The molecule has 0 aliphatic carbocycles. The molecule has 1 N–H and O–H groups in total. The Morgan fingerprint density at radius 1 is 1.40 bits per heavy atom. The number of fused-ring (bicyclic) bond motifs is 1. The zero-order valence-corrected chi connectivity index (χ0v) is 14.7. The van der Waals surface area contributed by atoms with Crippen LogP contribution < -0.4 is 5.32 Å². The van der Waals surface area contributed by atoms with Crippen LogP contribution in [0.5, 0.6) is 0 Å². The molecule has 0 bridgehead atoms. The number of likely N-dealkylation sites (tertiary alicyclic amines) is 1. The second kappa shape index (κ2) is 7.88. The zero-order chi connectivity index (χ0) is 17.8. The summed E-state index contributed by atoms with van der Waals surface area (Å²) in [6, 6.07) is 0.196. The minimum atomic E-state index is -0.193. The lowest BCUT2D eigenvalue weighted by Crippen LogP contribution is -2.47. The van der Waals surface area contributed by atoms with E-state index in [2.05, 4.69) is 20.2 Å². The Hall–Kier alpha value is -2.06. The van der Waals surface area contributed by atoms with E-state index in [1.54, 1.807) is 12.4 Å². The lowest BCUT2D eigenvalue weighted by molar-refractivity contribution is -0.135. The monoisotopic (exact) mass is 347 g/mol. The molecule has 2 aliphatic rings. The molecule has 8 heteroatoms. The van der Waals surface area contributed by atoms with Crippen LogP contribution in [0.2, 0.25) is 0 Å². The van der Waals surface area contributed by atoms with Crippen LogP contribution in [0.15, 0.2) is 18.7 Å². The van der Waals surface area contributed by atoms with Crippen molar-refractivity contribution in [2.24, 2.45) is 0 Å². The van der Waals surface area contributed by atoms with Gasteiger partial charge in [-0.25, -0.2) is 9.97 Å². The fourth-order valence-electron chi connectivity index (χ4n) is 3.72. The molecule has 136 valence electrons. The summed E-state index contributed by atoms with van der Waals surface area (Å²) in [5.74, 6) is -0.239. The molecular formula is C17H25N5O3. The maximum absolute atomic E-state index is 12.5. The van der Waals surface area contributed by atoms with Crippen molar-refractivity contribution in [3.8, 4) is 0 Å². The van der Waals surface area contributed by atoms with Gasteiger partial charge in [0.05, 0.1) is 24.7 Å². The van der Waals surface area contributed by atoms with Crippen LogP contribution >= 0.6 is 0 Å². The molecule has 0 spiro atoms. The summed E-state index contributed by atoms with van der Waals surface area (Å²) in [5.41, 5.74) is 1.03. The van der Waals surface area contributed by atoms with E-state index < -0.39 is 0 Å². The van der Waals surface area contributed by atoms with Crippen molar-refractivity contribution in [3.63, 3.8) is 0 Å². The maximum atomic E-state index is 12.5. The summed E-state index contributed by atoms with van der Waals surface area (Å²) in [6.07, 6.45) is 7.02. The second-order valence-corrected chi connectivity index (χ2v) is 6.73. The lowest BCUT2D eigenvalue weighted by atomic mass is 10.00. The van der Waals surface area contributed by atoms with Gasteiger partial charge in [0.1, 0.15) is 6.33 Å². The summed E-state index contributed by atoms with van der Waals surface area (Å²) in [5, 5.41) is 2.60. The van der Waals surface area contributed by atoms with Crippen molar-refractivity contribution in [1.82, 2.24) is 25.1 Å². The molecule has 1 aromatic heterocycles. The number of hydrogen-bond donors (Lipinski definition) is 1. The van der Waals surface area contributed by atoms with Crippen molar-refractivity contribution in [1.29, 1.82) is 0 Å². The van der Waals surface area contributed by atoms with Crippen molar-refractivity contribution in [2.75, 3.05) is 26.7 Å². The molecule has 3 atom stereocenters. The van der Waals surface area contributed by atoms with E-state index in [0.717, 1.165) is 25.0 Å². The Kier molecular flexibility index (Phi) is 5.60. The van der Waals surface area contributed by atoms with E-state index in [4.69, 9.17) is 4.74 Å². The number of carbonyl (C=O) groups excluding carboxylic acids is 2. The van der Waals surface area contributed by atoms with Gasteiger partial charge < -0.3 is 15.0 Å². The molecule has 2 amide bonds. The topological polar surface area (TPSA) is 87.7 Å². The van der Waals surface area contributed by atoms with Gasteiger partial charge in [0.2, 0.25) is 11.8 Å². The van der Waals surface area contributed by atoms with Gasteiger partial charge in [-0.15, -0.1) is 0 Å². The predicted molar refractivity (Wildman–Crippen MR) is 90.4 cm³/mol. The third kappa shape index (κ3) is 4.13. The van der Waals surface area contributed by atoms with Gasteiger partial charge in [-0.05, 0) is 19.9 Å². The Balaban J connectivity index is 1.69. The van der Waals surface area contributed by atoms with E-state index in [-0.39, 0.29) is 36.5 Å². The summed E-state index contributed by atoms with van der Waals surface area (Å²) < 4.78 is 6.03. The molecule has 0 aromatic carbocycles. The van der Waals surface area contributed by atoms with Gasteiger partial charge in [-0.1, -0.05) is 0 Å². The van der Waals surface area contributed by atoms with Crippen LogP contribution in [0.3, 0.4) is 0 Å². The third-order valence-corrected chi connectivity index (χ3v) is 4.92. The van der Waals surface area contributed by atoms with Crippen molar-refractivity contribution < 1.29 is 14.3 Å². The standard InChI is InChI=1S/C17H25N5O3/c1-12(23)20-8-16(24)22-10-15(17-14(22)4-3-5-25-17)21(2)9-13-6-18-11-19-7-13/h6-7,11,14-15,17H,3-5,8-10H2,1-2H3,(H,20,23)/t14-,15-,17+/m0/s1. The molecule has 25 heavy (non-hydrogen) atoms. The van der Waals surface area contributed by atoms with Crippen LogP contribution in [0, 0.1) is 0 Å². The molecule has 0 saturated carbocycles. The summed E-state index contributed by atoms with van der Waals surface area (Å²) in [4.78, 5) is 35.8. The smallest absolute Gasteiger partial charge is 0.242 e. The number of rotatable bonds is 5. The third-order valence-electron chi connectivity index (χ3n) is 4.92. The number of nitrogens with one attached hydrogen (secondary N) is 1. The van der Waals surface area contributed by atoms with Crippen LogP contribution in [-0.4, -0.2) is 76.5 Å². The number of aromatic nitrogens is 2. The number of likely N-dealkylation sites (N-methyl/N-ethyl adjacent to an activating group) is 1. The average molecular weight is 347 g/mol. The number of ether oxygens (including phenoxy) is 1. The lowest BCUT2D eigenvalue weighted by Gasteiger charge is -2.34. The Labute approximate surface area is 147 Å². The molecule has 2 fully saturated rings. The number of amides is 2. The molecule has 3 heterocycles. The first-order valence-corrected chi connectivity index (χ1v) is 8.66. The van der Waals surface area contributed by atoms with Crippen LogP contribution in [0.1, 0.15) is 25.3 Å². The van der Waals surface area contributed by atoms with Crippen molar-refractivity contribution >= 4 is 11.8 Å². The van der Waals surface area contributed by atoms with Gasteiger partial charge in [-0.2, -0.15) is 0 Å². The largest absolute Gasteiger partial charge is 0.374 e.